The molecule has 1 unspecified atom stereocenters. The third kappa shape index (κ3) is 6.76. The summed E-state index contributed by atoms with van der Waals surface area (Å²) in [6, 6.07) is 10.2. The van der Waals surface area contributed by atoms with E-state index in [-0.39, 0.29) is 12.1 Å². The minimum Gasteiger partial charge on any atom is -0.356 e. The Morgan fingerprint density at radius 3 is 2.37 bits per heavy atom. The summed E-state index contributed by atoms with van der Waals surface area (Å²) in [6.07, 6.45) is 2.01. The Morgan fingerprint density at radius 2 is 1.84 bits per heavy atom. The predicted molar refractivity (Wildman–Crippen MR) is 78.4 cm³/mol. The second kappa shape index (κ2) is 9.13. The molecule has 0 saturated carbocycles. The van der Waals surface area contributed by atoms with Crippen molar-refractivity contribution in [2.75, 3.05) is 14.2 Å². The van der Waals surface area contributed by atoms with E-state index in [1.54, 1.807) is 32.9 Å². The number of methoxy groups -OCH3 is 2. The smallest absolute Gasteiger partial charge is 0.157 e. The summed E-state index contributed by atoms with van der Waals surface area (Å²) in [7, 11) is 3.28. The second-order valence-electron chi connectivity index (χ2n) is 4.43. The van der Waals surface area contributed by atoms with E-state index in [9.17, 15) is 4.79 Å². The standard InChI is InChI=1S/C15H22O3S/c1-12(16)9-10-14(11-15(17-2)18-3)19-13-7-5-4-6-8-13/h4-8,14-15H,9-11H2,1-3H3. The minimum absolute atomic E-state index is 0.215. The lowest BCUT2D eigenvalue weighted by atomic mass is 10.1. The number of rotatable bonds is 9. The number of hydrogen-bond donors (Lipinski definition) is 0. The highest BCUT2D eigenvalue weighted by molar-refractivity contribution is 8.00. The van der Waals surface area contributed by atoms with Crippen LogP contribution in [0.4, 0.5) is 0 Å². The molecule has 0 bridgehead atoms. The molecular formula is C15H22O3S. The first-order chi connectivity index (χ1) is 9.15. The molecule has 0 N–H and O–H groups in total. The van der Waals surface area contributed by atoms with Crippen molar-refractivity contribution >= 4 is 17.5 Å². The Hall–Kier alpha value is -0.840. The van der Waals surface area contributed by atoms with Gasteiger partial charge in [-0.3, -0.25) is 0 Å². The number of ether oxygens (including phenoxy) is 2. The molecule has 4 heteroatoms. The Kier molecular flexibility index (Phi) is 7.79. The van der Waals surface area contributed by atoms with Gasteiger partial charge in [-0.15, -0.1) is 11.8 Å². The molecule has 1 atom stereocenters. The summed E-state index contributed by atoms with van der Waals surface area (Å²) in [5.41, 5.74) is 0. The summed E-state index contributed by atoms with van der Waals surface area (Å²) in [5, 5.41) is 0.316. The molecule has 0 aliphatic rings. The lowest BCUT2D eigenvalue weighted by Gasteiger charge is -2.21. The molecule has 3 nitrogen and oxygen atoms in total. The summed E-state index contributed by atoms with van der Waals surface area (Å²) >= 11 is 1.78. The van der Waals surface area contributed by atoms with E-state index in [0.29, 0.717) is 11.7 Å². The van der Waals surface area contributed by atoms with Crippen molar-refractivity contribution in [2.45, 2.75) is 42.6 Å². The van der Waals surface area contributed by atoms with Crippen LogP contribution >= 0.6 is 11.8 Å². The van der Waals surface area contributed by atoms with E-state index >= 15 is 0 Å². The molecule has 106 valence electrons. The fraction of sp³-hybridized carbons (Fsp3) is 0.533. The van der Waals surface area contributed by atoms with Crippen molar-refractivity contribution in [2.24, 2.45) is 0 Å². The van der Waals surface area contributed by atoms with Crippen molar-refractivity contribution in [3.05, 3.63) is 30.3 Å². The molecule has 19 heavy (non-hydrogen) atoms. The van der Waals surface area contributed by atoms with Crippen LogP contribution < -0.4 is 0 Å². The van der Waals surface area contributed by atoms with Gasteiger partial charge < -0.3 is 14.3 Å². The minimum atomic E-state index is -0.215. The molecule has 0 radical (unpaired) electrons. The Bertz CT molecular complexity index is 363. The van der Waals surface area contributed by atoms with Gasteiger partial charge in [-0.05, 0) is 25.5 Å². The van der Waals surface area contributed by atoms with Crippen LogP contribution in [0.1, 0.15) is 26.2 Å². The van der Waals surface area contributed by atoms with Crippen LogP contribution in [0.2, 0.25) is 0 Å². The van der Waals surface area contributed by atoms with Gasteiger partial charge in [0.05, 0.1) is 0 Å². The quantitative estimate of drug-likeness (QED) is 0.513. The molecule has 0 amide bonds. The van der Waals surface area contributed by atoms with Crippen molar-refractivity contribution < 1.29 is 14.3 Å². The molecule has 0 fully saturated rings. The predicted octanol–water partition coefficient (Wildman–Crippen LogP) is 3.53. The highest BCUT2D eigenvalue weighted by atomic mass is 32.2. The Balaban J connectivity index is 2.60. The zero-order valence-corrected chi connectivity index (χ0v) is 12.6. The van der Waals surface area contributed by atoms with Crippen LogP contribution in [0.5, 0.6) is 0 Å². The average molecular weight is 282 g/mol. The van der Waals surface area contributed by atoms with Gasteiger partial charge in [-0.2, -0.15) is 0 Å². The SMILES string of the molecule is COC(CC(CCC(C)=O)Sc1ccccc1)OC. The largest absolute Gasteiger partial charge is 0.356 e. The number of ketones is 1. The van der Waals surface area contributed by atoms with Crippen molar-refractivity contribution in [3.8, 4) is 0 Å². The van der Waals surface area contributed by atoms with E-state index < -0.39 is 0 Å². The van der Waals surface area contributed by atoms with Crippen molar-refractivity contribution in [3.63, 3.8) is 0 Å². The molecule has 0 heterocycles. The first-order valence-corrected chi connectivity index (χ1v) is 7.30. The summed E-state index contributed by atoms with van der Waals surface area (Å²) in [5.74, 6) is 0.227. The Morgan fingerprint density at radius 1 is 1.21 bits per heavy atom. The lowest BCUT2D eigenvalue weighted by Crippen LogP contribution is -2.20. The van der Waals surface area contributed by atoms with Gasteiger partial charge in [-0.25, -0.2) is 0 Å². The van der Waals surface area contributed by atoms with Gasteiger partial charge in [0.25, 0.3) is 0 Å². The molecule has 0 spiro atoms. The van der Waals surface area contributed by atoms with Crippen LogP contribution in [-0.4, -0.2) is 31.5 Å². The Labute approximate surface area is 119 Å². The second-order valence-corrected chi connectivity index (χ2v) is 5.80. The highest BCUT2D eigenvalue weighted by Gasteiger charge is 2.17. The number of carbonyl (C=O) groups is 1. The lowest BCUT2D eigenvalue weighted by molar-refractivity contribution is -0.117. The third-order valence-electron chi connectivity index (χ3n) is 2.85. The van der Waals surface area contributed by atoms with Gasteiger partial charge in [0.2, 0.25) is 0 Å². The molecule has 0 aliphatic heterocycles. The number of Topliss-reactive ketones (excluding diaryl/α,β-unsaturated/α-hetero) is 1. The maximum absolute atomic E-state index is 11.2. The van der Waals surface area contributed by atoms with Gasteiger partial charge in [0.15, 0.2) is 6.29 Å². The summed E-state index contributed by atoms with van der Waals surface area (Å²) in [4.78, 5) is 12.4. The molecule has 1 aromatic carbocycles. The molecular weight excluding hydrogens is 260 g/mol. The molecule has 1 aromatic rings. The van der Waals surface area contributed by atoms with Gasteiger partial charge >= 0.3 is 0 Å². The van der Waals surface area contributed by atoms with Crippen molar-refractivity contribution in [1.82, 2.24) is 0 Å². The first kappa shape index (κ1) is 16.2. The van der Waals surface area contributed by atoms with Gasteiger partial charge in [0.1, 0.15) is 5.78 Å². The fourth-order valence-corrected chi connectivity index (χ4v) is 2.97. The zero-order chi connectivity index (χ0) is 14.1. The third-order valence-corrected chi connectivity index (χ3v) is 4.15. The maximum atomic E-state index is 11.2. The van der Waals surface area contributed by atoms with Crippen LogP contribution in [0, 0.1) is 0 Å². The summed E-state index contributed by atoms with van der Waals surface area (Å²) < 4.78 is 10.5. The van der Waals surface area contributed by atoms with Gasteiger partial charge in [0, 0.05) is 37.2 Å². The summed E-state index contributed by atoms with van der Waals surface area (Å²) in [6.45, 7) is 1.63. The van der Waals surface area contributed by atoms with E-state index in [4.69, 9.17) is 9.47 Å². The number of carbonyl (C=O) groups excluding carboxylic acids is 1. The normalized spacial score (nSPS) is 12.6. The fourth-order valence-electron chi connectivity index (χ4n) is 1.78. The average Bonchev–Trinajstić information content (AvgIpc) is 2.42. The molecule has 0 aliphatic carbocycles. The molecule has 0 aromatic heterocycles. The maximum Gasteiger partial charge on any atom is 0.157 e. The highest BCUT2D eigenvalue weighted by Crippen LogP contribution is 2.29. The van der Waals surface area contributed by atoms with Crippen LogP contribution in [0.25, 0.3) is 0 Å². The van der Waals surface area contributed by atoms with Crippen LogP contribution in [0.3, 0.4) is 0 Å². The topological polar surface area (TPSA) is 35.5 Å². The number of benzene rings is 1. The monoisotopic (exact) mass is 282 g/mol. The number of thioether (sulfide) groups is 1. The van der Waals surface area contributed by atoms with Crippen molar-refractivity contribution in [1.29, 1.82) is 0 Å². The zero-order valence-electron chi connectivity index (χ0n) is 11.8. The van der Waals surface area contributed by atoms with E-state index in [0.717, 1.165) is 12.8 Å². The van der Waals surface area contributed by atoms with E-state index in [1.165, 1.54) is 4.90 Å². The number of hydrogen-bond acceptors (Lipinski definition) is 4. The van der Waals surface area contributed by atoms with Gasteiger partial charge in [-0.1, -0.05) is 18.2 Å². The van der Waals surface area contributed by atoms with E-state index in [1.807, 2.05) is 18.2 Å². The van der Waals surface area contributed by atoms with E-state index in [2.05, 4.69) is 12.1 Å². The first-order valence-electron chi connectivity index (χ1n) is 6.42. The molecule has 1 rings (SSSR count). The van der Waals surface area contributed by atoms with Crippen LogP contribution in [0.15, 0.2) is 35.2 Å². The van der Waals surface area contributed by atoms with Crippen LogP contribution in [-0.2, 0) is 14.3 Å². The molecule has 0 saturated heterocycles.